The van der Waals surface area contributed by atoms with Crippen LogP contribution in [-0.2, 0) is 9.47 Å². The lowest BCUT2D eigenvalue weighted by Gasteiger charge is -2.20. The van der Waals surface area contributed by atoms with Gasteiger partial charge in [0.2, 0.25) is 0 Å². The normalized spacial score (nSPS) is 16.4. The summed E-state index contributed by atoms with van der Waals surface area (Å²) in [5.41, 5.74) is 2.54. The van der Waals surface area contributed by atoms with Gasteiger partial charge >= 0.3 is 0 Å². The fourth-order valence-electron chi connectivity index (χ4n) is 2.27. The third kappa shape index (κ3) is 6.60. The summed E-state index contributed by atoms with van der Waals surface area (Å²) in [5.74, 6) is 0.578. The van der Waals surface area contributed by atoms with Crippen molar-refractivity contribution in [1.82, 2.24) is 5.32 Å². The van der Waals surface area contributed by atoms with E-state index < -0.39 is 0 Å². The minimum absolute atomic E-state index is 0.119. The van der Waals surface area contributed by atoms with Crippen molar-refractivity contribution >= 4 is 0 Å². The summed E-state index contributed by atoms with van der Waals surface area (Å²) in [6.45, 7) is 9.46. The van der Waals surface area contributed by atoms with E-state index in [1.165, 1.54) is 24.0 Å². The summed E-state index contributed by atoms with van der Waals surface area (Å²) in [5, 5.41) is 3.57. The molecule has 3 heteroatoms. The van der Waals surface area contributed by atoms with Crippen molar-refractivity contribution < 1.29 is 9.47 Å². The van der Waals surface area contributed by atoms with Gasteiger partial charge in [-0.1, -0.05) is 43.7 Å². The Bertz CT molecular complexity index is 415. The highest BCUT2D eigenvalue weighted by Gasteiger charge is 2.22. The molecule has 1 aliphatic carbocycles. The van der Waals surface area contributed by atoms with Crippen LogP contribution in [-0.4, -0.2) is 32.4 Å². The molecule has 3 nitrogen and oxygen atoms in total. The molecule has 1 aromatic carbocycles. The Kier molecular flexibility index (Phi) is 6.68. The van der Waals surface area contributed by atoms with E-state index in [4.69, 9.17) is 9.47 Å². The van der Waals surface area contributed by atoms with Gasteiger partial charge in [0, 0.05) is 19.2 Å². The Morgan fingerprint density at radius 3 is 2.71 bits per heavy atom. The van der Waals surface area contributed by atoms with Crippen LogP contribution in [0.2, 0.25) is 0 Å². The average molecular weight is 291 g/mol. The highest BCUT2D eigenvalue weighted by atomic mass is 16.5. The van der Waals surface area contributed by atoms with Crippen molar-refractivity contribution in [2.45, 2.75) is 45.8 Å². The SMILES string of the molecule is Cc1cccc(C(CNC2CC2)OCCOCC(C)C)c1. The van der Waals surface area contributed by atoms with Gasteiger partial charge in [-0.25, -0.2) is 0 Å². The molecule has 0 bridgehead atoms. The summed E-state index contributed by atoms with van der Waals surface area (Å²) in [4.78, 5) is 0. The molecule has 0 radical (unpaired) electrons. The Balaban J connectivity index is 1.80. The topological polar surface area (TPSA) is 30.5 Å². The molecule has 0 amide bonds. The van der Waals surface area contributed by atoms with Crippen molar-refractivity contribution in [3.63, 3.8) is 0 Å². The number of nitrogens with one attached hydrogen (secondary N) is 1. The van der Waals surface area contributed by atoms with Gasteiger partial charge < -0.3 is 14.8 Å². The monoisotopic (exact) mass is 291 g/mol. The predicted octanol–water partition coefficient (Wildman–Crippen LogP) is 3.48. The van der Waals surface area contributed by atoms with E-state index in [1.807, 2.05) is 0 Å². The van der Waals surface area contributed by atoms with Gasteiger partial charge in [-0.05, 0) is 31.2 Å². The Labute approximate surface area is 129 Å². The van der Waals surface area contributed by atoms with Crippen molar-refractivity contribution in [3.05, 3.63) is 35.4 Å². The van der Waals surface area contributed by atoms with Gasteiger partial charge in [0.15, 0.2) is 0 Å². The third-order valence-electron chi connectivity index (χ3n) is 3.58. The van der Waals surface area contributed by atoms with E-state index in [2.05, 4.69) is 50.4 Å². The van der Waals surface area contributed by atoms with Crippen molar-refractivity contribution in [1.29, 1.82) is 0 Å². The van der Waals surface area contributed by atoms with E-state index in [9.17, 15) is 0 Å². The number of rotatable bonds is 10. The standard InChI is InChI=1S/C18H29NO2/c1-14(2)13-20-9-10-21-18(12-19-17-7-8-17)16-6-4-5-15(3)11-16/h4-6,11,14,17-19H,7-10,12-13H2,1-3H3. The lowest BCUT2D eigenvalue weighted by molar-refractivity contribution is -0.00145. The first kappa shape index (κ1) is 16.5. The van der Waals surface area contributed by atoms with Crippen LogP contribution >= 0.6 is 0 Å². The molecule has 21 heavy (non-hydrogen) atoms. The van der Waals surface area contributed by atoms with Crippen LogP contribution in [0, 0.1) is 12.8 Å². The van der Waals surface area contributed by atoms with E-state index in [-0.39, 0.29) is 6.10 Å². The second kappa shape index (κ2) is 8.52. The molecule has 1 aromatic rings. The zero-order valence-corrected chi connectivity index (χ0v) is 13.6. The van der Waals surface area contributed by atoms with Crippen LogP contribution in [0.3, 0.4) is 0 Å². The molecular formula is C18H29NO2. The molecule has 0 spiro atoms. The Morgan fingerprint density at radius 2 is 2.05 bits per heavy atom. The number of ether oxygens (including phenoxy) is 2. The number of hydrogen-bond acceptors (Lipinski definition) is 3. The highest BCUT2D eigenvalue weighted by molar-refractivity contribution is 5.24. The lowest BCUT2D eigenvalue weighted by atomic mass is 10.1. The fourth-order valence-corrected chi connectivity index (χ4v) is 2.27. The highest BCUT2D eigenvalue weighted by Crippen LogP contribution is 2.22. The van der Waals surface area contributed by atoms with Crippen LogP contribution < -0.4 is 5.32 Å². The van der Waals surface area contributed by atoms with E-state index in [0.29, 0.717) is 25.2 Å². The fraction of sp³-hybridized carbons (Fsp3) is 0.667. The molecule has 0 aliphatic heterocycles. The molecule has 2 rings (SSSR count). The molecule has 118 valence electrons. The molecule has 0 heterocycles. The first-order valence-corrected chi connectivity index (χ1v) is 8.14. The van der Waals surface area contributed by atoms with Crippen molar-refractivity contribution in [2.24, 2.45) is 5.92 Å². The molecule has 1 unspecified atom stereocenters. The lowest BCUT2D eigenvalue weighted by Crippen LogP contribution is -2.26. The van der Waals surface area contributed by atoms with Gasteiger partial charge in [0.25, 0.3) is 0 Å². The maximum Gasteiger partial charge on any atom is 0.0950 e. The van der Waals surface area contributed by atoms with Crippen LogP contribution in [0.1, 0.15) is 43.9 Å². The first-order chi connectivity index (χ1) is 10.1. The Hall–Kier alpha value is -0.900. The Morgan fingerprint density at radius 1 is 1.24 bits per heavy atom. The zero-order chi connectivity index (χ0) is 15.1. The van der Waals surface area contributed by atoms with Gasteiger partial charge in [-0.2, -0.15) is 0 Å². The maximum absolute atomic E-state index is 6.06. The van der Waals surface area contributed by atoms with E-state index in [0.717, 1.165) is 13.2 Å². The average Bonchev–Trinajstić information content (AvgIpc) is 3.25. The van der Waals surface area contributed by atoms with E-state index >= 15 is 0 Å². The van der Waals surface area contributed by atoms with Gasteiger partial charge in [-0.15, -0.1) is 0 Å². The van der Waals surface area contributed by atoms with Crippen LogP contribution in [0.5, 0.6) is 0 Å². The number of benzene rings is 1. The molecule has 1 N–H and O–H groups in total. The van der Waals surface area contributed by atoms with Crippen LogP contribution in [0.15, 0.2) is 24.3 Å². The molecule has 0 saturated heterocycles. The minimum atomic E-state index is 0.119. The first-order valence-electron chi connectivity index (χ1n) is 8.14. The van der Waals surface area contributed by atoms with Crippen LogP contribution in [0.4, 0.5) is 0 Å². The summed E-state index contributed by atoms with van der Waals surface area (Å²) >= 11 is 0. The summed E-state index contributed by atoms with van der Waals surface area (Å²) < 4.78 is 11.7. The summed E-state index contributed by atoms with van der Waals surface area (Å²) in [6, 6.07) is 9.31. The molecule has 1 saturated carbocycles. The van der Waals surface area contributed by atoms with Crippen LogP contribution in [0.25, 0.3) is 0 Å². The minimum Gasteiger partial charge on any atom is -0.379 e. The van der Waals surface area contributed by atoms with Crippen molar-refractivity contribution in [3.8, 4) is 0 Å². The molecule has 1 aliphatic rings. The van der Waals surface area contributed by atoms with Gasteiger partial charge in [0.1, 0.15) is 0 Å². The second-order valence-corrected chi connectivity index (χ2v) is 6.42. The second-order valence-electron chi connectivity index (χ2n) is 6.42. The maximum atomic E-state index is 6.06. The van der Waals surface area contributed by atoms with Gasteiger partial charge in [0.05, 0.1) is 19.3 Å². The van der Waals surface area contributed by atoms with E-state index in [1.54, 1.807) is 0 Å². The third-order valence-corrected chi connectivity index (χ3v) is 3.58. The number of hydrogen-bond donors (Lipinski definition) is 1. The van der Waals surface area contributed by atoms with Gasteiger partial charge in [-0.3, -0.25) is 0 Å². The number of aryl methyl sites for hydroxylation is 1. The predicted molar refractivity (Wildman–Crippen MR) is 86.6 cm³/mol. The summed E-state index contributed by atoms with van der Waals surface area (Å²) in [6.07, 6.45) is 2.73. The zero-order valence-electron chi connectivity index (χ0n) is 13.6. The molecule has 1 fully saturated rings. The molecule has 0 aromatic heterocycles. The summed E-state index contributed by atoms with van der Waals surface area (Å²) in [7, 11) is 0. The largest absolute Gasteiger partial charge is 0.379 e. The smallest absolute Gasteiger partial charge is 0.0950 e. The quantitative estimate of drug-likeness (QED) is 0.670. The van der Waals surface area contributed by atoms with Crippen molar-refractivity contribution in [2.75, 3.05) is 26.4 Å². The molecule has 1 atom stereocenters. The molecular weight excluding hydrogens is 262 g/mol.